The number of nitrogens with zero attached hydrogens (tertiary/aromatic N) is 2. The number of likely N-dealkylation sites (N-methyl/N-ethyl adjacent to an activating group) is 1. The summed E-state index contributed by atoms with van der Waals surface area (Å²) in [4.78, 5) is 14.1. The van der Waals surface area contributed by atoms with Crippen molar-refractivity contribution in [3.8, 4) is 0 Å². The van der Waals surface area contributed by atoms with E-state index in [1.54, 1.807) is 0 Å². The number of hydrogen-bond acceptors (Lipinski definition) is 3. The van der Waals surface area contributed by atoms with Crippen LogP contribution in [0.1, 0.15) is 24.8 Å². The summed E-state index contributed by atoms with van der Waals surface area (Å²) in [6, 6.07) is 6.27. The molecule has 1 aromatic rings. The van der Waals surface area contributed by atoms with E-state index in [1.807, 2.05) is 19.1 Å². The Labute approximate surface area is 132 Å². The third-order valence-electron chi connectivity index (χ3n) is 5.66. The van der Waals surface area contributed by atoms with E-state index in [9.17, 15) is 4.79 Å². The third kappa shape index (κ3) is 2.54. The number of likely N-dealkylation sites (tertiary alicyclic amines) is 1. The number of amides is 1. The molecule has 1 amide bonds. The van der Waals surface area contributed by atoms with Gasteiger partial charge in [0.15, 0.2) is 0 Å². The zero-order valence-corrected chi connectivity index (χ0v) is 13.6. The SMILES string of the molecule is Cc1cc(N2CC([N+]3(C)CCCC3)CC2C(N)=O)ccc1N. The van der Waals surface area contributed by atoms with Crippen molar-refractivity contribution in [3.63, 3.8) is 0 Å². The molecule has 3 rings (SSSR count). The van der Waals surface area contributed by atoms with Crippen molar-refractivity contribution < 1.29 is 9.28 Å². The van der Waals surface area contributed by atoms with E-state index >= 15 is 0 Å². The number of nitrogen functional groups attached to an aromatic ring is 1. The second kappa shape index (κ2) is 5.47. The topological polar surface area (TPSA) is 72.3 Å². The first-order valence-corrected chi connectivity index (χ1v) is 8.17. The highest BCUT2D eigenvalue weighted by molar-refractivity contribution is 5.84. The zero-order chi connectivity index (χ0) is 15.9. The predicted molar refractivity (Wildman–Crippen MR) is 89.5 cm³/mol. The maximum Gasteiger partial charge on any atom is 0.240 e. The van der Waals surface area contributed by atoms with Gasteiger partial charge in [-0.1, -0.05) is 0 Å². The first-order valence-electron chi connectivity index (χ1n) is 8.17. The van der Waals surface area contributed by atoms with E-state index in [2.05, 4.69) is 18.0 Å². The van der Waals surface area contributed by atoms with E-state index in [1.165, 1.54) is 25.9 Å². The lowest BCUT2D eigenvalue weighted by molar-refractivity contribution is -0.919. The lowest BCUT2D eigenvalue weighted by atomic mass is 10.1. The first-order chi connectivity index (χ1) is 10.4. The van der Waals surface area contributed by atoms with Crippen LogP contribution in [-0.4, -0.2) is 49.2 Å². The van der Waals surface area contributed by atoms with Crippen molar-refractivity contribution in [1.29, 1.82) is 0 Å². The average Bonchev–Trinajstić information content (AvgIpc) is 3.09. The van der Waals surface area contributed by atoms with E-state index in [-0.39, 0.29) is 11.9 Å². The number of nitrogens with two attached hydrogens (primary N) is 2. The number of quaternary nitrogens is 1. The van der Waals surface area contributed by atoms with Gasteiger partial charge in [-0.25, -0.2) is 0 Å². The van der Waals surface area contributed by atoms with Gasteiger partial charge in [-0.15, -0.1) is 0 Å². The Bertz CT molecular complexity index is 580. The Hall–Kier alpha value is -1.75. The molecule has 2 fully saturated rings. The Morgan fingerprint density at radius 3 is 2.59 bits per heavy atom. The largest absolute Gasteiger partial charge is 0.399 e. The molecular formula is C17H27N4O+. The Kier molecular flexibility index (Phi) is 3.77. The molecule has 2 unspecified atom stereocenters. The highest BCUT2D eigenvalue weighted by atomic mass is 16.1. The van der Waals surface area contributed by atoms with Gasteiger partial charge >= 0.3 is 0 Å². The number of carbonyl (C=O) groups is 1. The van der Waals surface area contributed by atoms with Crippen molar-refractivity contribution in [2.75, 3.05) is 37.3 Å². The Morgan fingerprint density at radius 2 is 2.00 bits per heavy atom. The number of aryl methyl sites for hydroxylation is 1. The molecule has 22 heavy (non-hydrogen) atoms. The summed E-state index contributed by atoms with van der Waals surface area (Å²) in [7, 11) is 2.33. The molecule has 0 spiro atoms. The molecule has 2 aliphatic heterocycles. The van der Waals surface area contributed by atoms with Crippen molar-refractivity contribution in [3.05, 3.63) is 23.8 Å². The number of hydrogen-bond donors (Lipinski definition) is 2. The van der Waals surface area contributed by atoms with Crippen molar-refractivity contribution in [1.82, 2.24) is 0 Å². The Balaban J connectivity index is 1.88. The number of benzene rings is 1. The average molecular weight is 303 g/mol. The van der Waals surface area contributed by atoms with Gasteiger partial charge in [0.05, 0.1) is 26.7 Å². The molecule has 2 atom stereocenters. The molecule has 2 aliphatic rings. The summed E-state index contributed by atoms with van der Waals surface area (Å²) < 4.78 is 1.08. The molecular weight excluding hydrogens is 276 g/mol. The number of rotatable bonds is 3. The van der Waals surface area contributed by atoms with Crippen molar-refractivity contribution in [2.24, 2.45) is 5.73 Å². The first kappa shape index (κ1) is 15.2. The normalized spacial score (nSPS) is 27.3. The van der Waals surface area contributed by atoms with E-state index < -0.39 is 0 Å². The molecule has 5 heteroatoms. The molecule has 4 N–H and O–H groups in total. The quantitative estimate of drug-likeness (QED) is 0.652. The molecule has 2 saturated heterocycles. The van der Waals surface area contributed by atoms with Crippen LogP contribution >= 0.6 is 0 Å². The van der Waals surface area contributed by atoms with Gasteiger partial charge in [0.2, 0.25) is 5.91 Å². The maximum atomic E-state index is 12.0. The van der Waals surface area contributed by atoms with E-state index in [0.717, 1.165) is 34.4 Å². The smallest absolute Gasteiger partial charge is 0.240 e. The summed E-state index contributed by atoms with van der Waals surface area (Å²) in [6.45, 7) is 5.32. The van der Waals surface area contributed by atoms with Crippen LogP contribution in [0.2, 0.25) is 0 Å². The lowest BCUT2D eigenvalue weighted by Gasteiger charge is -2.35. The van der Waals surface area contributed by atoms with Crippen LogP contribution in [0.3, 0.4) is 0 Å². The highest BCUT2D eigenvalue weighted by Crippen LogP contribution is 2.34. The highest BCUT2D eigenvalue weighted by Gasteiger charge is 2.46. The van der Waals surface area contributed by atoms with E-state index in [4.69, 9.17) is 11.5 Å². The van der Waals surface area contributed by atoms with Gasteiger partial charge < -0.3 is 20.9 Å². The number of primary amides is 1. The monoisotopic (exact) mass is 303 g/mol. The number of carbonyl (C=O) groups excluding carboxylic acids is 1. The molecule has 0 bridgehead atoms. The van der Waals surface area contributed by atoms with Crippen molar-refractivity contribution >= 4 is 17.3 Å². The van der Waals surface area contributed by atoms with Crippen LogP contribution in [0.4, 0.5) is 11.4 Å². The van der Waals surface area contributed by atoms with Gasteiger partial charge in [-0.05, 0) is 30.7 Å². The van der Waals surface area contributed by atoms with Crippen LogP contribution in [0, 0.1) is 6.92 Å². The van der Waals surface area contributed by atoms with E-state index in [0.29, 0.717) is 6.04 Å². The van der Waals surface area contributed by atoms with Crippen molar-refractivity contribution in [2.45, 2.75) is 38.3 Å². The molecule has 5 nitrogen and oxygen atoms in total. The second-order valence-electron chi connectivity index (χ2n) is 7.13. The zero-order valence-electron chi connectivity index (χ0n) is 13.6. The molecule has 0 radical (unpaired) electrons. The second-order valence-corrected chi connectivity index (χ2v) is 7.13. The maximum absolute atomic E-state index is 12.0. The van der Waals surface area contributed by atoms with Crippen LogP contribution in [0.25, 0.3) is 0 Å². The minimum absolute atomic E-state index is 0.205. The minimum atomic E-state index is -0.220. The fourth-order valence-corrected chi connectivity index (χ4v) is 4.08. The van der Waals surface area contributed by atoms with Crippen LogP contribution in [0.5, 0.6) is 0 Å². The van der Waals surface area contributed by atoms with Crippen LogP contribution < -0.4 is 16.4 Å². The van der Waals surface area contributed by atoms with Gasteiger partial charge in [0, 0.05) is 30.6 Å². The fourth-order valence-electron chi connectivity index (χ4n) is 4.08. The molecule has 0 aliphatic carbocycles. The summed E-state index contributed by atoms with van der Waals surface area (Å²) in [5.41, 5.74) is 14.5. The molecule has 0 saturated carbocycles. The number of anilines is 2. The van der Waals surface area contributed by atoms with Gasteiger partial charge in [-0.2, -0.15) is 0 Å². The fraction of sp³-hybridized carbons (Fsp3) is 0.588. The summed E-state index contributed by atoms with van der Waals surface area (Å²) in [5, 5.41) is 0. The lowest BCUT2D eigenvalue weighted by Crippen LogP contribution is -2.51. The Morgan fingerprint density at radius 1 is 1.32 bits per heavy atom. The van der Waals surface area contributed by atoms with Crippen LogP contribution in [0.15, 0.2) is 18.2 Å². The minimum Gasteiger partial charge on any atom is -0.399 e. The summed E-state index contributed by atoms with van der Waals surface area (Å²) in [5.74, 6) is -0.220. The molecule has 1 aromatic carbocycles. The summed E-state index contributed by atoms with van der Waals surface area (Å²) in [6.07, 6.45) is 3.43. The van der Waals surface area contributed by atoms with Gasteiger partial charge in [-0.3, -0.25) is 4.79 Å². The third-order valence-corrected chi connectivity index (χ3v) is 5.66. The van der Waals surface area contributed by atoms with Gasteiger partial charge in [0.1, 0.15) is 12.1 Å². The molecule has 0 aromatic heterocycles. The summed E-state index contributed by atoms with van der Waals surface area (Å²) >= 11 is 0. The molecule has 2 heterocycles. The predicted octanol–water partition coefficient (Wildman–Crippen LogP) is 1.25. The van der Waals surface area contributed by atoms with Gasteiger partial charge in [0.25, 0.3) is 0 Å². The standard InChI is InChI=1S/C17H26N4O/c1-12-9-13(5-6-15(12)18)20-11-14(10-16(20)17(19)22)21(2)7-3-4-8-21/h5-6,9,14,16H,3-4,7-8,10-11,18H2,1-2H3,(H-,19,22)/p+1. The molecule has 120 valence electrons. The van der Waals surface area contributed by atoms with Crippen LogP contribution in [-0.2, 0) is 4.79 Å².